The molecule has 1 saturated heterocycles. The van der Waals surface area contributed by atoms with E-state index in [1.807, 2.05) is 30.3 Å². The standard InChI is InChI=1S/C23H24BrFN4OS/c1-28(2)12-5-13-29-22(21(27-23(29)31)18-6-3-4-11-26-18)20-10-9-19(30-20)16-8-7-15(25)14-17(16)24/h3-4,6-11,14,21-22H,5,12-13H2,1-2H3,(H,27,31). The molecule has 2 unspecified atom stereocenters. The number of nitrogens with zero attached hydrogens (tertiary/aromatic N) is 3. The number of hydrogen-bond donors (Lipinski definition) is 1. The third-order valence-corrected chi connectivity index (χ3v) is 6.33. The predicted octanol–water partition coefficient (Wildman–Crippen LogP) is 5.17. The predicted molar refractivity (Wildman–Crippen MR) is 127 cm³/mol. The van der Waals surface area contributed by atoms with Crippen LogP contribution in [-0.4, -0.2) is 47.1 Å². The average molecular weight is 503 g/mol. The third kappa shape index (κ3) is 4.81. The van der Waals surface area contributed by atoms with Gasteiger partial charge in [0.25, 0.3) is 0 Å². The molecule has 1 aliphatic rings. The maximum absolute atomic E-state index is 13.5. The fourth-order valence-electron chi connectivity index (χ4n) is 3.86. The Kier molecular flexibility index (Phi) is 6.69. The highest BCUT2D eigenvalue weighted by Crippen LogP contribution is 2.41. The molecule has 0 amide bonds. The number of rotatable bonds is 7. The third-order valence-electron chi connectivity index (χ3n) is 5.32. The van der Waals surface area contributed by atoms with Gasteiger partial charge in [0.1, 0.15) is 23.4 Å². The Morgan fingerprint density at radius 2 is 2.06 bits per heavy atom. The molecule has 0 spiro atoms. The van der Waals surface area contributed by atoms with E-state index in [4.69, 9.17) is 16.6 Å². The molecule has 162 valence electrons. The molecular formula is C23H24BrFN4OS. The molecule has 5 nitrogen and oxygen atoms in total. The number of pyridine rings is 1. The van der Waals surface area contributed by atoms with Gasteiger partial charge in [-0.25, -0.2) is 4.39 Å². The van der Waals surface area contributed by atoms with Crippen LogP contribution in [0.3, 0.4) is 0 Å². The van der Waals surface area contributed by atoms with Crippen LogP contribution in [0, 0.1) is 5.82 Å². The fraction of sp³-hybridized carbons (Fsp3) is 0.304. The monoisotopic (exact) mass is 502 g/mol. The van der Waals surface area contributed by atoms with Gasteiger partial charge < -0.3 is 19.5 Å². The second-order valence-electron chi connectivity index (χ2n) is 7.80. The van der Waals surface area contributed by atoms with Crippen LogP contribution in [0.25, 0.3) is 11.3 Å². The summed E-state index contributed by atoms with van der Waals surface area (Å²) >= 11 is 9.13. The summed E-state index contributed by atoms with van der Waals surface area (Å²) in [6.07, 6.45) is 2.76. The van der Waals surface area contributed by atoms with Crippen molar-refractivity contribution in [1.82, 2.24) is 20.1 Å². The molecule has 1 aliphatic heterocycles. The van der Waals surface area contributed by atoms with E-state index < -0.39 is 0 Å². The highest BCUT2D eigenvalue weighted by Gasteiger charge is 2.41. The zero-order chi connectivity index (χ0) is 22.0. The van der Waals surface area contributed by atoms with E-state index in [1.165, 1.54) is 12.1 Å². The molecule has 0 saturated carbocycles. The van der Waals surface area contributed by atoms with Crippen molar-refractivity contribution in [3.8, 4) is 11.3 Å². The van der Waals surface area contributed by atoms with Crippen LogP contribution in [0.1, 0.15) is 30.0 Å². The van der Waals surface area contributed by atoms with Crippen LogP contribution in [0.15, 0.2) is 63.6 Å². The Labute approximate surface area is 195 Å². The maximum atomic E-state index is 13.5. The highest BCUT2D eigenvalue weighted by molar-refractivity contribution is 9.10. The van der Waals surface area contributed by atoms with Crippen molar-refractivity contribution >= 4 is 33.3 Å². The van der Waals surface area contributed by atoms with E-state index >= 15 is 0 Å². The first-order valence-corrected chi connectivity index (χ1v) is 11.3. The summed E-state index contributed by atoms with van der Waals surface area (Å²) in [5, 5.41) is 4.13. The lowest BCUT2D eigenvalue weighted by Gasteiger charge is -2.26. The van der Waals surface area contributed by atoms with Crippen molar-refractivity contribution in [2.75, 3.05) is 27.2 Å². The molecule has 0 aliphatic carbocycles. The van der Waals surface area contributed by atoms with E-state index in [1.54, 1.807) is 12.3 Å². The van der Waals surface area contributed by atoms with E-state index in [-0.39, 0.29) is 17.9 Å². The van der Waals surface area contributed by atoms with Gasteiger partial charge in [-0.3, -0.25) is 4.98 Å². The first-order valence-electron chi connectivity index (χ1n) is 10.1. The molecule has 2 aromatic heterocycles. The van der Waals surface area contributed by atoms with Crippen LogP contribution in [0.5, 0.6) is 0 Å². The first-order chi connectivity index (χ1) is 14.9. The lowest BCUT2D eigenvalue weighted by molar-refractivity contribution is 0.261. The summed E-state index contributed by atoms with van der Waals surface area (Å²) in [4.78, 5) is 8.90. The van der Waals surface area contributed by atoms with Crippen molar-refractivity contribution in [2.45, 2.75) is 18.5 Å². The van der Waals surface area contributed by atoms with E-state index in [0.717, 1.165) is 36.5 Å². The van der Waals surface area contributed by atoms with Crippen molar-refractivity contribution in [1.29, 1.82) is 0 Å². The zero-order valence-corrected chi connectivity index (χ0v) is 19.8. The number of benzene rings is 1. The van der Waals surface area contributed by atoms with Crippen LogP contribution in [0.4, 0.5) is 4.39 Å². The van der Waals surface area contributed by atoms with Gasteiger partial charge in [0.2, 0.25) is 0 Å². The molecule has 3 aromatic rings. The molecule has 31 heavy (non-hydrogen) atoms. The topological polar surface area (TPSA) is 44.5 Å². The number of furan rings is 1. The number of hydrogen-bond acceptors (Lipinski definition) is 4. The molecule has 1 N–H and O–H groups in total. The average Bonchev–Trinajstić information content (AvgIpc) is 3.33. The molecule has 4 rings (SSSR count). The van der Waals surface area contributed by atoms with Gasteiger partial charge in [-0.05, 0) is 97.7 Å². The second-order valence-corrected chi connectivity index (χ2v) is 9.04. The molecule has 1 aromatic carbocycles. The lowest BCUT2D eigenvalue weighted by Crippen LogP contribution is -2.32. The van der Waals surface area contributed by atoms with Crippen LogP contribution >= 0.6 is 28.1 Å². The molecule has 8 heteroatoms. The number of nitrogens with one attached hydrogen (secondary N) is 1. The molecule has 3 heterocycles. The minimum Gasteiger partial charge on any atom is -0.459 e. The van der Waals surface area contributed by atoms with Gasteiger partial charge >= 0.3 is 0 Å². The van der Waals surface area contributed by atoms with Gasteiger partial charge in [0.15, 0.2) is 5.11 Å². The Morgan fingerprint density at radius 1 is 1.23 bits per heavy atom. The summed E-state index contributed by atoms with van der Waals surface area (Å²) < 4.78 is 20.5. The van der Waals surface area contributed by atoms with Crippen molar-refractivity contribution in [3.05, 3.63) is 76.5 Å². The molecule has 0 bridgehead atoms. The summed E-state index contributed by atoms with van der Waals surface area (Å²) in [6.45, 7) is 1.76. The van der Waals surface area contributed by atoms with Crippen LogP contribution in [0.2, 0.25) is 0 Å². The molecule has 2 atom stereocenters. The Balaban J connectivity index is 1.68. The van der Waals surface area contributed by atoms with Crippen LogP contribution in [-0.2, 0) is 0 Å². The van der Waals surface area contributed by atoms with Crippen molar-refractivity contribution < 1.29 is 8.81 Å². The normalized spacial score (nSPS) is 18.6. The smallest absolute Gasteiger partial charge is 0.170 e. The van der Waals surface area contributed by atoms with Gasteiger partial charge in [-0.2, -0.15) is 0 Å². The van der Waals surface area contributed by atoms with E-state index in [9.17, 15) is 4.39 Å². The van der Waals surface area contributed by atoms with Crippen molar-refractivity contribution in [2.24, 2.45) is 0 Å². The van der Waals surface area contributed by atoms with Gasteiger partial charge in [0.05, 0.1) is 11.7 Å². The quantitative estimate of drug-likeness (QED) is 0.449. The number of halogens is 2. The zero-order valence-electron chi connectivity index (χ0n) is 17.4. The summed E-state index contributed by atoms with van der Waals surface area (Å²) in [6, 6.07) is 14.1. The van der Waals surface area contributed by atoms with Gasteiger partial charge in [-0.1, -0.05) is 6.07 Å². The largest absolute Gasteiger partial charge is 0.459 e. The molecule has 0 radical (unpaired) electrons. The van der Waals surface area contributed by atoms with Crippen molar-refractivity contribution in [3.63, 3.8) is 0 Å². The summed E-state index contributed by atoms with van der Waals surface area (Å²) in [5.74, 6) is 1.17. The van der Waals surface area contributed by atoms with Gasteiger partial charge in [0, 0.05) is 22.8 Å². The molecular weight excluding hydrogens is 479 g/mol. The maximum Gasteiger partial charge on any atom is 0.170 e. The first kappa shape index (κ1) is 21.9. The van der Waals surface area contributed by atoms with Gasteiger partial charge in [-0.15, -0.1) is 0 Å². The van der Waals surface area contributed by atoms with Crippen LogP contribution < -0.4 is 5.32 Å². The Hall–Kier alpha value is -2.29. The number of thiocarbonyl (C=S) groups is 1. The number of aromatic nitrogens is 1. The lowest BCUT2D eigenvalue weighted by atomic mass is 10.0. The SMILES string of the molecule is CN(C)CCCN1C(=S)NC(c2ccccn2)C1c1ccc(-c2ccc(F)cc2Br)o1. The summed E-state index contributed by atoms with van der Waals surface area (Å²) in [5.41, 5.74) is 1.71. The Morgan fingerprint density at radius 3 is 2.77 bits per heavy atom. The highest BCUT2D eigenvalue weighted by atomic mass is 79.9. The minimum absolute atomic E-state index is 0.122. The minimum atomic E-state index is -0.296. The summed E-state index contributed by atoms with van der Waals surface area (Å²) in [7, 11) is 4.13. The second kappa shape index (κ2) is 9.46. The molecule has 1 fully saturated rings. The fourth-order valence-corrected chi connectivity index (χ4v) is 4.74. The Bertz CT molecular complexity index is 1060. The van der Waals surface area contributed by atoms with E-state index in [0.29, 0.717) is 15.3 Å². The van der Waals surface area contributed by atoms with E-state index in [2.05, 4.69) is 50.1 Å².